The van der Waals surface area contributed by atoms with Crippen molar-refractivity contribution >= 4 is 11.3 Å². The molecular weight excluding hydrogens is 170 g/mol. The molecule has 0 radical (unpaired) electrons. The van der Waals surface area contributed by atoms with Crippen molar-refractivity contribution in [3.05, 3.63) is 15.6 Å². The van der Waals surface area contributed by atoms with E-state index in [1.807, 2.05) is 0 Å². The van der Waals surface area contributed by atoms with E-state index < -0.39 is 0 Å². The average Bonchev–Trinajstić information content (AvgIpc) is 2.29. The fraction of sp³-hybridized carbons (Fsp3) is 0.667. The monoisotopic (exact) mass is 183 g/mol. The van der Waals surface area contributed by atoms with Gasteiger partial charge in [-0.05, 0) is 19.8 Å². The van der Waals surface area contributed by atoms with Crippen LogP contribution in [0.15, 0.2) is 0 Å². The third kappa shape index (κ3) is 1.27. The van der Waals surface area contributed by atoms with Crippen LogP contribution in [0.3, 0.4) is 0 Å². The topological polar surface area (TPSA) is 33.1 Å². The highest BCUT2D eigenvalue weighted by Crippen LogP contribution is 2.38. The Kier molecular flexibility index (Phi) is 2.15. The lowest BCUT2D eigenvalue weighted by Gasteiger charge is -2.24. The van der Waals surface area contributed by atoms with Gasteiger partial charge < -0.3 is 5.11 Å². The molecule has 12 heavy (non-hydrogen) atoms. The molecule has 1 N–H and O–H groups in total. The second kappa shape index (κ2) is 3.15. The van der Waals surface area contributed by atoms with Crippen LogP contribution in [-0.2, 0) is 6.61 Å². The second-order valence-electron chi connectivity index (χ2n) is 3.33. The maximum atomic E-state index is 8.90. The minimum absolute atomic E-state index is 0.0955. The van der Waals surface area contributed by atoms with Crippen LogP contribution in [0.2, 0.25) is 0 Å². The number of hydrogen-bond acceptors (Lipinski definition) is 3. The van der Waals surface area contributed by atoms with Gasteiger partial charge in [0.05, 0.1) is 12.3 Å². The molecular formula is C9H13NOS. The number of hydrogen-bond donors (Lipinski definition) is 1. The van der Waals surface area contributed by atoms with Gasteiger partial charge in [-0.15, -0.1) is 11.3 Å². The Labute approximate surface area is 76.3 Å². The van der Waals surface area contributed by atoms with E-state index in [0.717, 1.165) is 5.01 Å². The van der Waals surface area contributed by atoms with Gasteiger partial charge in [0, 0.05) is 10.8 Å². The molecule has 66 valence electrons. The van der Waals surface area contributed by atoms with Gasteiger partial charge in [-0.1, -0.05) is 6.42 Å². The normalized spacial score (nSPS) is 17.8. The van der Waals surface area contributed by atoms with E-state index in [9.17, 15) is 0 Å². The third-order valence-electron chi connectivity index (χ3n) is 2.50. The molecule has 0 atom stereocenters. The third-order valence-corrected chi connectivity index (χ3v) is 3.48. The van der Waals surface area contributed by atoms with Crippen LogP contribution in [0.5, 0.6) is 0 Å². The molecule has 1 heterocycles. The van der Waals surface area contributed by atoms with Crippen molar-refractivity contribution in [1.82, 2.24) is 4.98 Å². The van der Waals surface area contributed by atoms with E-state index in [-0.39, 0.29) is 6.61 Å². The van der Waals surface area contributed by atoms with Gasteiger partial charge in [0.2, 0.25) is 0 Å². The van der Waals surface area contributed by atoms with Gasteiger partial charge in [-0.25, -0.2) is 4.98 Å². The lowest BCUT2D eigenvalue weighted by atomic mass is 9.82. The Balaban J connectivity index is 2.23. The molecule has 1 aromatic heterocycles. The Morgan fingerprint density at radius 2 is 2.33 bits per heavy atom. The largest absolute Gasteiger partial charge is 0.389 e. The van der Waals surface area contributed by atoms with Crippen LogP contribution >= 0.6 is 11.3 Å². The molecule has 0 amide bonds. The molecule has 1 fully saturated rings. The van der Waals surface area contributed by atoms with E-state index in [2.05, 4.69) is 11.9 Å². The average molecular weight is 183 g/mol. The second-order valence-corrected chi connectivity index (χ2v) is 4.62. The number of aromatic nitrogens is 1. The maximum Gasteiger partial charge on any atom is 0.119 e. The van der Waals surface area contributed by atoms with Crippen LogP contribution in [0.25, 0.3) is 0 Å². The first kappa shape index (κ1) is 8.20. The summed E-state index contributed by atoms with van der Waals surface area (Å²) in [4.78, 5) is 5.71. The van der Waals surface area contributed by atoms with Crippen LogP contribution in [-0.4, -0.2) is 10.1 Å². The van der Waals surface area contributed by atoms with Crippen molar-refractivity contribution in [3.63, 3.8) is 0 Å². The van der Waals surface area contributed by atoms with Crippen molar-refractivity contribution in [1.29, 1.82) is 0 Å². The summed E-state index contributed by atoms with van der Waals surface area (Å²) < 4.78 is 0. The molecule has 3 heteroatoms. The molecule has 1 saturated carbocycles. The van der Waals surface area contributed by atoms with Crippen LogP contribution < -0.4 is 0 Å². The molecule has 2 rings (SSSR count). The number of rotatable bonds is 2. The van der Waals surface area contributed by atoms with Gasteiger partial charge in [-0.2, -0.15) is 0 Å². The Morgan fingerprint density at radius 1 is 1.58 bits per heavy atom. The summed E-state index contributed by atoms with van der Waals surface area (Å²) in [5.41, 5.74) is 1.25. The number of thiazole rings is 1. The highest BCUT2D eigenvalue weighted by molar-refractivity contribution is 7.11. The van der Waals surface area contributed by atoms with Gasteiger partial charge in [0.1, 0.15) is 5.01 Å². The van der Waals surface area contributed by atoms with Crippen molar-refractivity contribution in [2.75, 3.05) is 0 Å². The van der Waals surface area contributed by atoms with E-state index in [1.54, 1.807) is 11.3 Å². The highest BCUT2D eigenvalue weighted by atomic mass is 32.1. The first-order valence-corrected chi connectivity index (χ1v) is 5.20. The summed E-state index contributed by atoms with van der Waals surface area (Å²) in [6.45, 7) is 2.20. The smallest absolute Gasteiger partial charge is 0.119 e. The predicted octanol–water partition coefficient (Wildman–Crippen LogP) is 2.21. The predicted molar refractivity (Wildman–Crippen MR) is 49.4 cm³/mol. The number of nitrogens with zero attached hydrogens (tertiary/aromatic N) is 1. The van der Waals surface area contributed by atoms with E-state index >= 15 is 0 Å². The first-order valence-electron chi connectivity index (χ1n) is 4.38. The standard InChI is InChI=1S/C9H13NOS/c1-6-9(7-3-2-4-7)10-8(5-11)12-6/h7,11H,2-5H2,1H3. The van der Waals surface area contributed by atoms with Crippen LogP contribution in [0.4, 0.5) is 0 Å². The summed E-state index contributed by atoms with van der Waals surface area (Å²) in [7, 11) is 0. The fourth-order valence-electron chi connectivity index (χ4n) is 1.59. The Bertz CT molecular complexity index is 278. The lowest BCUT2D eigenvalue weighted by Crippen LogP contribution is -2.10. The maximum absolute atomic E-state index is 8.90. The van der Waals surface area contributed by atoms with Gasteiger partial charge in [0.25, 0.3) is 0 Å². The van der Waals surface area contributed by atoms with E-state index in [4.69, 9.17) is 5.11 Å². The summed E-state index contributed by atoms with van der Waals surface area (Å²) in [5, 5.41) is 9.77. The number of aryl methyl sites for hydroxylation is 1. The summed E-state index contributed by atoms with van der Waals surface area (Å²) in [6, 6.07) is 0. The van der Waals surface area contributed by atoms with Crippen LogP contribution in [0, 0.1) is 6.92 Å². The van der Waals surface area contributed by atoms with Gasteiger partial charge in [-0.3, -0.25) is 0 Å². The summed E-state index contributed by atoms with van der Waals surface area (Å²) >= 11 is 1.63. The summed E-state index contributed by atoms with van der Waals surface area (Å²) in [6.07, 6.45) is 3.92. The van der Waals surface area contributed by atoms with Crippen molar-refractivity contribution < 1.29 is 5.11 Å². The molecule has 1 aliphatic rings. The molecule has 1 aromatic rings. The molecule has 2 nitrogen and oxygen atoms in total. The number of aliphatic hydroxyl groups is 1. The summed E-state index contributed by atoms with van der Waals surface area (Å²) in [5.74, 6) is 0.696. The van der Waals surface area contributed by atoms with Crippen molar-refractivity contribution in [2.24, 2.45) is 0 Å². The SMILES string of the molecule is Cc1sc(CO)nc1C1CCC1. The zero-order valence-corrected chi connectivity index (χ0v) is 8.02. The Hall–Kier alpha value is -0.410. The zero-order chi connectivity index (χ0) is 8.55. The molecule has 0 aliphatic heterocycles. The Morgan fingerprint density at radius 3 is 2.75 bits per heavy atom. The lowest BCUT2D eigenvalue weighted by molar-refractivity contribution is 0.280. The molecule has 0 spiro atoms. The molecule has 1 aliphatic carbocycles. The molecule has 0 aromatic carbocycles. The fourth-order valence-corrected chi connectivity index (χ4v) is 2.47. The van der Waals surface area contributed by atoms with Crippen molar-refractivity contribution in [2.45, 2.75) is 38.7 Å². The zero-order valence-electron chi connectivity index (χ0n) is 7.21. The minimum atomic E-state index is 0.0955. The van der Waals surface area contributed by atoms with Crippen molar-refractivity contribution in [3.8, 4) is 0 Å². The van der Waals surface area contributed by atoms with Crippen LogP contribution in [0.1, 0.15) is 40.8 Å². The first-order chi connectivity index (χ1) is 5.81. The molecule has 0 unspecified atom stereocenters. The van der Waals surface area contributed by atoms with E-state index in [1.165, 1.54) is 29.8 Å². The van der Waals surface area contributed by atoms with E-state index in [0.29, 0.717) is 5.92 Å². The minimum Gasteiger partial charge on any atom is -0.389 e. The number of aliphatic hydroxyl groups excluding tert-OH is 1. The highest BCUT2D eigenvalue weighted by Gasteiger charge is 2.24. The molecule has 0 saturated heterocycles. The van der Waals surface area contributed by atoms with Gasteiger partial charge >= 0.3 is 0 Å². The quantitative estimate of drug-likeness (QED) is 0.762. The molecule has 0 bridgehead atoms. The van der Waals surface area contributed by atoms with Gasteiger partial charge in [0.15, 0.2) is 0 Å².